The summed E-state index contributed by atoms with van der Waals surface area (Å²) in [6.45, 7) is 7.97. The Kier molecular flexibility index (Phi) is 6.91. The maximum absolute atomic E-state index is 12.8. The molecule has 0 radical (unpaired) electrons. The number of ether oxygens (including phenoxy) is 1. The Hall–Kier alpha value is -2.21. The minimum absolute atomic E-state index is 0.00948. The predicted octanol–water partition coefficient (Wildman–Crippen LogP) is 1.94. The van der Waals surface area contributed by atoms with E-state index >= 15 is 0 Å². The summed E-state index contributed by atoms with van der Waals surface area (Å²) in [6.07, 6.45) is 0.137. The number of hydrogen-bond acceptors (Lipinski definition) is 4. The van der Waals surface area contributed by atoms with Crippen molar-refractivity contribution in [2.45, 2.75) is 52.3 Å². The van der Waals surface area contributed by atoms with E-state index < -0.39 is 12.1 Å². The Bertz CT molecular complexity index is 644. The summed E-state index contributed by atoms with van der Waals surface area (Å²) in [5.74, 6) is -0.193. The van der Waals surface area contributed by atoms with Crippen LogP contribution in [0.25, 0.3) is 0 Å². The highest BCUT2D eigenvalue weighted by Crippen LogP contribution is 2.18. The topological polar surface area (TPSA) is 84.5 Å². The van der Waals surface area contributed by atoms with Gasteiger partial charge in [0.1, 0.15) is 18.7 Å². The fraction of sp³-hybridized carbons (Fsp3) is 0.550. The second kappa shape index (κ2) is 8.94. The van der Waals surface area contributed by atoms with E-state index in [0.717, 1.165) is 0 Å². The molecule has 1 saturated heterocycles. The van der Waals surface area contributed by atoms with E-state index in [4.69, 9.17) is 4.74 Å². The third-order valence-corrected chi connectivity index (χ3v) is 5.01. The molecule has 1 heterocycles. The highest BCUT2D eigenvalue weighted by molar-refractivity contribution is 5.98. The number of ketones is 1. The summed E-state index contributed by atoms with van der Waals surface area (Å²) in [4.78, 5) is 37.2. The lowest BCUT2D eigenvalue weighted by Gasteiger charge is -2.25. The molecule has 1 aromatic rings. The zero-order valence-corrected chi connectivity index (χ0v) is 15.8. The number of amides is 2. The number of carbonyl (C=O) groups is 3. The van der Waals surface area contributed by atoms with Crippen LogP contribution in [-0.2, 0) is 14.3 Å². The van der Waals surface area contributed by atoms with Crippen LogP contribution in [0, 0.1) is 11.8 Å². The quantitative estimate of drug-likeness (QED) is 0.778. The van der Waals surface area contributed by atoms with E-state index in [-0.39, 0.29) is 36.2 Å². The van der Waals surface area contributed by atoms with Gasteiger partial charge in [0, 0.05) is 5.56 Å². The minimum atomic E-state index is -0.708. The lowest BCUT2D eigenvalue weighted by atomic mass is 9.90. The Morgan fingerprint density at radius 2 is 1.85 bits per heavy atom. The van der Waals surface area contributed by atoms with Crippen molar-refractivity contribution in [1.82, 2.24) is 10.6 Å². The number of rotatable bonds is 7. The van der Waals surface area contributed by atoms with E-state index in [2.05, 4.69) is 24.5 Å². The first-order valence-corrected chi connectivity index (χ1v) is 9.10. The van der Waals surface area contributed by atoms with Gasteiger partial charge in [0.25, 0.3) is 5.91 Å². The van der Waals surface area contributed by atoms with E-state index in [9.17, 15) is 14.4 Å². The van der Waals surface area contributed by atoms with Crippen molar-refractivity contribution in [1.29, 1.82) is 0 Å². The number of carbonyl (C=O) groups excluding carboxylic acids is 3. The molecule has 6 nitrogen and oxygen atoms in total. The van der Waals surface area contributed by atoms with Crippen LogP contribution in [0.3, 0.4) is 0 Å². The van der Waals surface area contributed by atoms with Crippen molar-refractivity contribution in [2.75, 3.05) is 6.61 Å². The highest BCUT2D eigenvalue weighted by Gasteiger charge is 2.36. The average molecular weight is 360 g/mol. The molecule has 0 aromatic heterocycles. The van der Waals surface area contributed by atoms with E-state index in [1.165, 1.54) is 0 Å². The maximum Gasteiger partial charge on any atom is 0.251 e. The van der Waals surface area contributed by atoms with Gasteiger partial charge in [-0.3, -0.25) is 14.4 Å². The molecule has 0 spiro atoms. The fourth-order valence-electron chi connectivity index (χ4n) is 2.82. The molecule has 26 heavy (non-hydrogen) atoms. The van der Waals surface area contributed by atoms with Crippen LogP contribution in [0.15, 0.2) is 30.3 Å². The number of nitrogens with one attached hydrogen (secondary N) is 2. The zero-order chi connectivity index (χ0) is 19.3. The Labute approximate surface area is 154 Å². The van der Waals surface area contributed by atoms with Gasteiger partial charge < -0.3 is 15.4 Å². The summed E-state index contributed by atoms with van der Waals surface area (Å²) in [7, 11) is 0. The monoisotopic (exact) mass is 360 g/mol. The van der Waals surface area contributed by atoms with Crippen LogP contribution < -0.4 is 10.6 Å². The summed E-state index contributed by atoms with van der Waals surface area (Å²) < 4.78 is 5.28. The minimum Gasteiger partial charge on any atom is -0.368 e. The second-order valence-corrected chi connectivity index (χ2v) is 7.32. The van der Waals surface area contributed by atoms with Gasteiger partial charge in [0.15, 0.2) is 5.78 Å². The molecular formula is C20H28N2O4. The molecule has 142 valence electrons. The van der Waals surface area contributed by atoms with Gasteiger partial charge in [-0.15, -0.1) is 0 Å². The normalized spacial score (nSPS) is 22.1. The van der Waals surface area contributed by atoms with Gasteiger partial charge in [-0.05, 0) is 37.3 Å². The van der Waals surface area contributed by atoms with Crippen LogP contribution in [0.1, 0.15) is 44.5 Å². The van der Waals surface area contributed by atoms with Crippen molar-refractivity contribution in [2.24, 2.45) is 11.8 Å². The van der Waals surface area contributed by atoms with E-state index in [1.807, 2.05) is 13.0 Å². The molecule has 1 fully saturated rings. The molecule has 0 saturated carbocycles. The lowest BCUT2D eigenvalue weighted by molar-refractivity contribution is -0.127. The second-order valence-electron chi connectivity index (χ2n) is 7.32. The first kappa shape index (κ1) is 20.1. The Balaban J connectivity index is 2.10. The molecular weight excluding hydrogens is 332 g/mol. The number of Topliss-reactive ketones (excluding diaryl/α,β-unsaturated/α-hetero) is 1. The number of hydrogen-bond donors (Lipinski definition) is 2. The summed E-state index contributed by atoms with van der Waals surface area (Å²) >= 11 is 0. The van der Waals surface area contributed by atoms with Crippen LogP contribution in [0.5, 0.6) is 0 Å². The predicted molar refractivity (Wildman–Crippen MR) is 98.7 cm³/mol. The van der Waals surface area contributed by atoms with Crippen LogP contribution in [-0.4, -0.2) is 42.4 Å². The van der Waals surface area contributed by atoms with E-state index in [1.54, 1.807) is 31.2 Å². The maximum atomic E-state index is 12.8. The van der Waals surface area contributed by atoms with Crippen molar-refractivity contribution in [3.05, 3.63) is 35.9 Å². The number of benzene rings is 1. The molecule has 2 rings (SSSR count). The van der Waals surface area contributed by atoms with Crippen molar-refractivity contribution < 1.29 is 19.1 Å². The van der Waals surface area contributed by atoms with Gasteiger partial charge in [-0.2, -0.15) is 0 Å². The highest BCUT2D eigenvalue weighted by atomic mass is 16.5. The van der Waals surface area contributed by atoms with Crippen LogP contribution in [0.4, 0.5) is 0 Å². The van der Waals surface area contributed by atoms with Crippen LogP contribution >= 0.6 is 0 Å². The molecule has 6 heteroatoms. The molecule has 1 aromatic carbocycles. The van der Waals surface area contributed by atoms with Crippen LogP contribution in [0.2, 0.25) is 0 Å². The third kappa shape index (κ3) is 5.14. The summed E-state index contributed by atoms with van der Waals surface area (Å²) in [5.41, 5.74) is 0.496. The van der Waals surface area contributed by atoms with Gasteiger partial charge >= 0.3 is 0 Å². The molecule has 0 aliphatic carbocycles. The first-order valence-electron chi connectivity index (χ1n) is 9.10. The van der Waals surface area contributed by atoms with Crippen molar-refractivity contribution in [3.63, 3.8) is 0 Å². The smallest absolute Gasteiger partial charge is 0.251 e. The van der Waals surface area contributed by atoms with Gasteiger partial charge in [0.05, 0.1) is 6.10 Å². The van der Waals surface area contributed by atoms with E-state index in [0.29, 0.717) is 17.9 Å². The first-order chi connectivity index (χ1) is 12.3. The molecule has 2 unspecified atom stereocenters. The Morgan fingerprint density at radius 3 is 2.38 bits per heavy atom. The molecule has 1 aliphatic heterocycles. The zero-order valence-electron chi connectivity index (χ0n) is 15.8. The van der Waals surface area contributed by atoms with Crippen molar-refractivity contribution >= 4 is 17.6 Å². The molecule has 1 aliphatic rings. The summed E-state index contributed by atoms with van der Waals surface area (Å²) in [6, 6.07) is 7.41. The average Bonchev–Trinajstić information content (AvgIpc) is 2.93. The summed E-state index contributed by atoms with van der Waals surface area (Å²) in [5, 5.41) is 5.57. The van der Waals surface area contributed by atoms with Gasteiger partial charge in [0.2, 0.25) is 5.91 Å². The Morgan fingerprint density at radius 1 is 1.19 bits per heavy atom. The lowest BCUT2D eigenvalue weighted by Crippen LogP contribution is -2.53. The van der Waals surface area contributed by atoms with Gasteiger partial charge in [-0.25, -0.2) is 0 Å². The molecule has 0 bridgehead atoms. The SMILES string of the molecule is CC(C)C(C)CC(NC(=O)c1ccccc1)C(=O)N[C@@H]1C(=O)CO[C@H]1C. The standard InChI is InChI=1S/C20H28N2O4/c1-12(2)13(3)10-16(21-19(24)15-8-6-5-7-9-15)20(25)22-18-14(4)26-11-17(18)23/h5-9,12-14,16,18H,10-11H2,1-4H3,(H,21,24)(H,22,25)/t13?,14-,16?,18-/m0/s1. The van der Waals surface area contributed by atoms with Gasteiger partial charge in [-0.1, -0.05) is 39.0 Å². The molecule has 2 N–H and O–H groups in total. The molecule has 2 amide bonds. The van der Waals surface area contributed by atoms with Crippen molar-refractivity contribution in [3.8, 4) is 0 Å². The fourth-order valence-corrected chi connectivity index (χ4v) is 2.82. The molecule has 4 atom stereocenters. The largest absolute Gasteiger partial charge is 0.368 e. The third-order valence-electron chi connectivity index (χ3n) is 5.01.